The summed E-state index contributed by atoms with van der Waals surface area (Å²) < 4.78 is 0. The Morgan fingerprint density at radius 3 is 2.62 bits per heavy atom. The van der Waals surface area contributed by atoms with Crippen LogP contribution in [0, 0.1) is 0 Å². The zero-order chi connectivity index (χ0) is 14.1. The maximum atomic E-state index is 4.44. The highest BCUT2D eigenvalue weighted by atomic mass is 15.3. The molecule has 3 heterocycles. The zero-order valence-corrected chi connectivity index (χ0v) is 12.7. The first kappa shape index (κ1) is 13.5. The predicted octanol–water partition coefficient (Wildman–Crippen LogP) is 1.40. The van der Waals surface area contributed by atoms with Gasteiger partial charge in [-0.15, -0.1) is 5.10 Å². The minimum Gasteiger partial charge on any atom is -0.354 e. The van der Waals surface area contributed by atoms with E-state index in [1.807, 2.05) is 0 Å². The molecule has 0 spiro atoms. The highest BCUT2D eigenvalue weighted by Crippen LogP contribution is 2.24. The predicted molar refractivity (Wildman–Crippen MR) is 83.3 cm³/mol. The van der Waals surface area contributed by atoms with Crippen LogP contribution < -0.4 is 10.2 Å². The third kappa shape index (κ3) is 3.19. The molecule has 3 aliphatic rings. The number of hydrogen-bond acceptors (Lipinski definition) is 5. The molecule has 21 heavy (non-hydrogen) atoms. The molecular weight excluding hydrogens is 262 g/mol. The van der Waals surface area contributed by atoms with Gasteiger partial charge in [-0.05, 0) is 57.3 Å². The van der Waals surface area contributed by atoms with Gasteiger partial charge in [0.2, 0.25) is 0 Å². The Labute approximate surface area is 126 Å². The Bertz CT molecular complexity index is 464. The second-order valence-electron chi connectivity index (χ2n) is 6.67. The number of hydrogen-bond donors (Lipinski definition) is 1. The van der Waals surface area contributed by atoms with Gasteiger partial charge in [0.1, 0.15) is 0 Å². The number of likely N-dealkylation sites (tertiary alicyclic amines) is 1. The van der Waals surface area contributed by atoms with E-state index in [4.69, 9.17) is 0 Å². The molecule has 1 aliphatic carbocycles. The Morgan fingerprint density at radius 1 is 1.05 bits per heavy atom. The Balaban J connectivity index is 1.33. The molecule has 1 N–H and O–H groups in total. The first-order chi connectivity index (χ1) is 10.4. The van der Waals surface area contributed by atoms with E-state index in [2.05, 4.69) is 37.4 Å². The molecule has 1 unspecified atom stereocenters. The Kier molecular flexibility index (Phi) is 3.78. The van der Waals surface area contributed by atoms with Gasteiger partial charge >= 0.3 is 0 Å². The topological polar surface area (TPSA) is 44.3 Å². The van der Waals surface area contributed by atoms with Crippen molar-refractivity contribution in [2.45, 2.75) is 50.7 Å². The van der Waals surface area contributed by atoms with Crippen LogP contribution in [0.2, 0.25) is 0 Å². The largest absolute Gasteiger partial charge is 0.354 e. The number of rotatable bonds is 5. The number of aromatic nitrogens is 2. The lowest BCUT2D eigenvalue weighted by molar-refractivity contribution is 0.260. The average molecular weight is 287 g/mol. The van der Waals surface area contributed by atoms with E-state index in [0.717, 1.165) is 43.2 Å². The lowest BCUT2D eigenvalue weighted by Gasteiger charge is -2.23. The van der Waals surface area contributed by atoms with Crippen LogP contribution in [0.15, 0.2) is 12.1 Å². The molecule has 2 saturated heterocycles. The SMILES string of the molecule is c1cc(N2CCC(N3CCCC3)C2)nnc1CNC1CC1. The summed E-state index contributed by atoms with van der Waals surface area (Å²) in [5.41, 5.74) is 1.06. The van der Waals surface area contributed by atoms with Crippen molar-refractivity contribution in [3.63, 3.8) is 0 Å². The van der Waals surface area contributed by atoms with E-state index >= 15 is 0 Å². The fourth-order valence-electron chi connectivity index (χ4n) is 3.51. The van der Waals surface area contributed by atoms with E-state index in [1.165, 1.54) is 45.2 Å². The van der Waals surface area contributed by atoms with Gasteiger partial charge in [-0.25, -0.2) is 0 Å². The van der Waals surface area contributed by atoms with Crippen LogP contribution in [0.4, 0.5) is 5.82 Å². The summed E-state index contributed by atoms with van der Waals surface area (Å²) in [4.78, 5) is 5.05. The monoisotopic (exact) mass is 287 g/mol. The van der Waals surface area contributed by atoms with Crippen molar-refractivity contribution < 1.29 is 0 Å². The summed E-state index contributed by atoms with van der Waals surface area (Å²) in [6, 6.07) is 5.72. The number of nitrogens with one attached hydrogen (secondary N) is 1. The fourth-order valence-corrected chi connectivity index (χ4v) is 3.51. The van der Waals surface area contributed by atoms with Gasteiger partial charge in [-0.3, -0.25) is 4.90 Å². The molecule has 5 heteroatoms. The smallest absolute Gasteiger partial charge is 0.151 e. The van der Waals surface area contributed by atoms with Gasteiger partial charge in [0, 0.05) is 31.7 Å². The average Bonchev–Trinajstić information content (AvgIpc) is 3.01. The standard InChI is InChI=1S/C16H25N5/c1-2-9-20(8-1)15-7-10-21(12-15)16-6-5-14(18-19-16)11-17-13-3-4-13/h5-6,13,15,17H,1-4,7-12H2. The minimum atomic E-state index is 0.727. The summed E-state index contributed by atoms with van der Waals surface area (Å²) in [6.07, 6.45) is 6.65. The molecule has 2 aliphatic heterocycles. The van der Waals surface area contributed by atoms with Crippen LogP contribution >= 0.6 is 0 Å². The van der Waals surface area contributed by atoms with Crippen molar-refractivity contribution in [3.8, 4) is 0 Å². The van der Waals surface area contributed by atoms with E-state index < -0.39 is 0 Å². The summed E-state index contributed by atoms with van der Waals surface area (Å²) in [5, 5.41) is 12.3. The van der Waals surface area contributed by atoms with Crippen molar-refractivity contribution >= 4 is 5.82 Å². The molecule has 5 nitrogen and oxygen atoms in total. The molecule has 0 bridgehead atoms. The molecule has 0 amide bonds. The Morgan fingerprint density at radius 2 is 1.90 bits per heavy atom. The summed E-state index contributed by atoms with van der Waals surface area (Å²) in [6.45, 7) is 5.67. The van der Waals surface area contributed by atoms with Crippen LogP contribution in [0.1, 0.15) is 37.8 Å². The minimum absolute atomic E-state index is 0.727. The molecule has 0 radical (unpaired) electrons. The van der Waals surface area contributed by atoms with Gasteiger partial charge in [0.25, 0.3) is 0 Å². The van der Waals surface area contributed by atoms with Gasteiger partial charge in [-0.1, -0.05) is 0 Å². The van der Waals surface area contributed by atoms with Crippen molar-refractivity contribution in [2.75, 3.05) is 31.1 Å². The lowest BCUT2D eigenvalue weighted by Crippen LogP contribution is -2.35. The first-order valence-electron chi connectivity index (χ1n) is 8.43. The third-order valence-corrected chi connectivity index (χ3v) is 5.00. The number of anilines is 1. The number of nitrogens with zero attached hydrogens (tertiary/aromatic N) is 4. The first-order valence-corrected chi connectivity index (χ1v) is 8.43. The van der Waals surface area contributed by atoms with E-state index in [1.54, 1.807) is 0 Å². The van der Waals surface area contributed by atoms with Gasteiger partial charge < -0.3 is 10.2 Å². The van der Waals surface area contributed by atoms with Gasteiger partial charge in [-0.2, -0.15) is 5.10 Å². The van der Waals surface area contributed by atoms with Crippen LogP contribution in [0.5, 0.6) is 0 Å². The highest BCUT2D eigenvalue weighted by Gasteiger charge is 2.29. The molecule has 3 fully saturated rings. The lowest BCUT2D eigenvalue weighted by atomic mass is 10.2. The Hall–Kier alpha value is -1.20. The van der Waals surface area contributed by atoms with Crippen molar-refractivity contribution in [2.24, 2.45) is 0 Å². The second kappa shape index (κ2) is 5.89. The highest BCUT2D eigenvalue weighted by molar-refractivity contribution is 5.39. The third-order valence-electron chi connectivity index (χ3n) is 5.00. The van der Waals surface area contributed by atoms with E-state index in [0.29, 0.717) is 0 Å². The molecule has 4 rings (SSSR count). The van der Waals surface area contributed by atoms with E-state index in [-0.39, 0.29) is 0 Å². The molecule has 1 saturated carbocycles. The molecule has 114 valence electrons. The molecule has 0 aromatic carbocycles. The molecule has 1 aromatic rings. The van der Waals surface area contributed by atoms with E-state index in [9.17, 15) is 0 Å². The summed E-state index contributed by atoms with van der Waals surface area (Å²) in [7, 11) is 0. The molecule has 1 aromatic heterocycles. The van der Waals surface area contributed by atoms with Crippen molar-refractivity contribution in [3.05, 3.63) is 17.8 Å². The maximum Gasteiger partial charge on any atom is 0.151 e. The van der Waals surface area contributed by atoms with Crippen LogP contribution in [0.25, 0.3) is 0 Å². The second-order valence-corrected chi connectivity index (χ2v) is 6.67. The summed E-state index contributed by atoms with van der Waals surface area (Å²) >= 11 is 0. The van der Waals surface area contributed by atoms with Gasteiger partial charge in [0.05, 0.1) is 5.69 Å². The normalized spacial score (nSPS) is 26.7. The van der Waals surface area contributed by atoms with Crippen LogP contribution in [0.3, 0.4) is 0 Å². The van der Waals surface area contributed by atoms with Crippen LogP contribution in [-0.4, -0.2) is 53.4 Å². The van der Waals surface area contributed by atoms with Crippen LogP contribution in [-0.2, 0) is 6.54 Å². The molecular formula is C16H25N5. The van der Waals surface area contributed by atoms with Gasteiger partial charge in [0.15, 0.2) is 5.82 Å². The quantitative estimate of drug-likeness (QED) is 0.887. The molecule has 1 atom stereocenters. The zero-order valence-electron chi connectivity index (χ0n) is 12.7. The van der Waals surface area contributed by atoms with Crippen molar-refractivity contribution in [1.29, 1.82) is 0 Å². The summed E-state index contributed by atoms with van der Waals surface area (Å²) in [5.74, 6) is 1.05. The maximum absolute atomic E-state index is 4.44. The fraction of sp³-hybridized carbons (Fsp3) is 0.750. The van der Waals surface area contributed by atoms with Crippen molar-refractivity contribution in [1.82, 2.24) is 20.4 Å².